The van der Waals surface area contributed by atoms with Gasteiger partial charge in [0, 0.05) is 19.4 Å². The van der Waals surface area contributed by atoms with Crippen LogP contribution in [0, 0.1) is 12.3 Å². The number of phenols is 1. The quantitative estimate of drug-likeness (QED) is 0.316. The SMILES string of the molecule is C#CCCCCC(=O)NCCc1ccc(O)c(N=Nc2ccc(C(=O)O)cc2)c1. The Hall–Kier alpha value is -3.66. The molecule has 29 heavy (non-hydrogen) atoms. The van der Waals surface area contributed by atoms with Gasteiger partial charge in [-0.25, -0.2) is 4.79 Å². The predicted molar refractivity (Wildman–Crippen MR) is 110 cm³/mol. The van der Waals surface area contributed by atoms with Crippen LogP contribution in [0.1, 0.15) is 41.6 Å². The smallest absolute Gasteiger partial charge is 0.335 e. The molecule has 0 saturated heterocycles. The van der Waals surface area contributed by atoms with Gasteiger partial charge in [-0.15, -0.1) is 17.5 Å². The van der Waals surface area contributed by atoms with E-state index in [1.807, 2.05) is 0 Å². The number of benzene rings is 2. The third-order valence-electron chi connectivity index (χ3n) is 4.14. The minimum absolute atomic E-state index is 0.00878. The van der Waals surface area contributed by atoms with Crippen LogP contribution in [0.3, 0.4) is 0 Å². The number of azo groups is 1. The molecule has 3 N–H and O–H groups in total. The molecule has 0 unspecified atom stereocenters. The summed E-state index contributed by atoms with van der Waals surface area (Å²) in [4.78, 5) is 22.6. The van der Waals surface area contributed by atoms with Gasteiger partial charge in [0.2, 0.25) is 5.91 Å². The van der Waals surface area contributed by atoms with Crippen molar-refractivity contribution in [1.29, 1.82) is 0 Å². The van der Waals surface area contributed by atoms with Crippen LogP contribution in [0.5, 0.6) is 5.75 Å². The minimum atomic E-state index is -1.02. The Morgan fingerprint density at radius 1 is 1.07 bits per heavy atom. The molecule has 0 aromatic heterocycles. The van der Waals surface area contributed by atoms with Crippen LogP contribution in [0.2, 0.25) is 0 Å². The number of nitrogens with one attached hydrogen (secondary N) is 1. The van der Waals surface area contributed by atoms with Crippen molar-refractivity contribution in [2.75, 3.05) is 6.54 Å². The molecule has 0 saturated carbocycles. The maximum Gasteiger partial charge on any atom is 0.335 e. The number of phenolic OH excluding ortho intramolecular Hbond substituents is 1. The summed E-state index contributed by atoms with van der Waals surface area (Å²) in [5.74, 6) is 1.51. The molecule has 0 aliphatic heterocycles. The van der Waals surface area contributed by atoms with Crippen LogP contribution in [0.15, 0.2) is 52.7 Å². The molecule has 0 aliphatic rings. The molecule has 2 aromatic carbocycles. The molecule has 0 atom stereocenters. The van der Waals surface area contributed by atoms with Crippen LogP contribution < -0.4 is 5.32 Å². The first-order chi connectivity index (χ1) is 14.0. The van der Waals surface area contributed by atoms with E-state index in [1.165, 1.54) is 30.3 Å². The van der Waals surface area contributed by atoms with Crippen LogP contribution >= 0.6 is 0 Å². The zero-order chi connectivity index (χ0) is 21.1. The number of aromatic hydroxyl groups is 1. The molecule has 0 heterocycles. The van der Waals surface area contributed by atoms with Crippen molar-refractivity contribution in [3.05, 3.63) is 53.6 Å². The Bertz CT molecular complexity index is 915. The number of rotatable bonds is 10. The Morgan fingerprint density at radius 3 is 2.52 bits per heavy atom. The summed E-state index contributed by atoms with van der Waals surface area (Å²) in [6.45, 7) is 0.478. The van der Waals surface area contributed by atoms with Crippen molar-refractivity contribution < 1.29 is 19.8 Å². The molecule has 0 bridgehead atoms. The van der Waals surface area contributed by atoms with Gasteiger partial charge in [-0.3, -0.25) is 4.79 Å². The fourth-order valence-electron chi connectivity index (χ4n) is 2.53. The largest absolute Gasteiger partial charge is 0.506 e. The van der Waals surface area contributed by atoms with E-state index in [9.17, 15) is 14.7 Å². The Labute approximate surface area is 169 Å². The monoisotopic (exact) mass is 393 g/mol. The Kier molecular flexibility index (Phi) is 8.39. The number of aromatic carboxylic acids is 1. The average molecular weight is 393 g/mol. The molecular formula is C22H23N3O4. The molecule has 0 aliphatic carbocycles. The third-order valence-corrected chi connectivity index (χ3v) is 4.14. The fraction of sp³-hybridized carbons (Fsp3) is 0.273. The first kappa shape index (κ1) is 21.6. The minimum Gasteiger partial charge on any atom is -0.506 e. The van der Waals surface area contributed by atoms with E-state index >= 15 is 0 Å². The highest BCUT2D eigenvalue weighted by atomic mass is 16.4. The van der Waals surface area contributed by atoms with Gasteiger partial charge in [0.05, 0.1) is 11.3 Å². The topological polar surface area (TPSA) is 111 Å². The van der Waals surface area contributed by atoms with Crippen LogP contribution in [-0.2, 0) is 11.2 Å². The fourth-order valence-corrected chi connectivity index (χ4v) is 2.53. The lowest BCUT2D eigenvalue weighted by Gasteiger charge is -2.06. The second kappa shape index (κ2) is 11.2. The number of unbranched alkanes of at least 4 members (excludes halogenated alkanes) is 2. The maximum absolute atomic E-state index is 11.8. The van der Waals surface area contributed by atoms with Gasteiger partial charge < -0.3 is 15.5 Å². The molecule has 150 valence electrons. The summed E-state index contributed by atoms with van der Waals surface area (Å²) in [7, 11) is 0. The summed E-state index contributed by atoms with van der Waals surface area (Å²) < 4.78 is 0. The van der Waals surface area contributed by atoms with E-state index in [4.69, 9.17) is 11.5 Å². The summed E-state index contributed by atoms with van der Waals surface area (Å²) in [6, 6.07) is 10.9. The van der Waals surface area contributed by atoms with Gasteiger partial charge in [0.1, 0.15) is 11.4 Å². The van der Waals surface area contributed by atoms with Crippen molar-refractivity contribution >= 4 is 23.3 Å². The number of terminal acetylenes is 1. The summed E-state index contributed by atoms with van der Waals surface area (Å²) in [5.41, 5.74) is 1.82. The number of nitrogens with zero attached hydrogens (tertiary/aromatic N) is 2. The zero-order valence-electron chi connectivity index (χ0n) is 16.0. The standard InChI is InChI=1S/C22H23N3O4/c1-2-3-4-5-6-21(27)23-14-13-16-7-12-20(26)19(15-16)25-24-18-10-8-17(9-11-18)22(28)29/h1,7-12,15,26H,3-6,13-14H2,(H,23,27)(H,28,29). The second-order valence-corrected chi connectivity index (χ2v) is 6.39. The van der Waals surface area contributed by atoms with Gasteiger partial charge in [0.25, 0.3) is 0 Å². The van der Waals surface area contributed by atoms with Gasteiger partial charge in [-0.2, -0.15) is 5.11 Å². The molecule has 7 heteroatoms. The second-order valence-electron chi connectivity index (χ2n) is 6.39. The lowest BCUT2D eigenvalue weighted by molar-refractivity contribution is -0.121. The number of carboxylic acid groups (broad SMARTS) is 1. The van der Waals surface area contributed by atoms with Crippen molar-refractivity contribution in [2.45, 2.75) is 32.1 Å². The Balaban J connectivity index is 1.89. The van der Waals surface area contributed by atoms with E-state index in [1.54, 1.807) is 12.1 Å². The summed E-state index contributed by atoms with van der Waals surface area (Å²) >= 11 is 0. The van der Waals surface area contributed by atoms with Crippen LogP contribution in [0.25, 0.3) is 0 Å². The van der Waals surface area contributed by atoms with E-state index in [2.05, 4.69) is 21.5 Å². The highest BCUT2D eigenvalue weighted by Crippen LogP contribution is 2.29. The van der Waals surface area contributed by atoms with Crippen molar-refractivity contribution in [3.63, 3.8) is 0 Å². The molecule has 0 radical (unpaired) electrons. The first-order valence-electron chi connectivity index (χ1n) is 9.26. The molecule has 1 amide bonds. The molecular weight excluding hydrogens is 370 g/mol. The normalized spacial score (nSPS) is 10.6. The van der Waals surface area contributed by atoms with E-state index < -0.39 is 5.97 Å². The highest BCUT2D eigenvalue weighted by Gasteiger charge is 2.05. The molecule has 2 rings (SSSR count). The highest BCUT2D eigenvalue weighted by molar-refractivity contribution is 5.87. The van der Waals surface area contributed by atoms with Crippen molar-refractivity contribution in [3.8, 4) is 18.1 Å². The van der Waals surface area contributed by atoms with Crippen molar-refractivity contribution in [2.24, 2.45) is 10.2 Å². The zero-order valence-corrected chi connectivity index (χ0v) is 16.0. The van der Waals surface area contributed by atoms with Crippen LogP contribution in [-0.4, -0.2) is 28.6 Å². The predicted octanol–water partition coefficient (Wildman–Crippen LogP) is 4.36. The Morgan fingerprint density at radius 2 is 1.83 bits per heavy atom. The lowest BCUT2D eigenvalue weighted by Crippen LogP contribution is -2.25. The molecule has 7 nitrogen and oxygen atoms in total. The first-order valence-corrected chi connectivity index (χ1v) is 9.26. The number of hydrogen-bond donors (Lipinski definition) is 3. The van der Waals surface area contributed by atoms with E-state index in [-0.39, 0.29) is 17.2 Å². The van der Waals surface area contributed by atoms with Gasteiger partial charge in [-0.1, -0.05) is 6.07 Å². The number of carboxylic acids is 1. The van der Waals surface area contributed by atoms with Gasteiger partial charge >= 0.3 is 5.97 Å². The third kappa shape index (κ3) is 7.46. The number of carbonyl (C=O) groups is 2. The van der Waals surface area contributed by atoms with Crippen LogP contribution in [0.4, 0.5) is 11.4 Å². The lowest BCUT2D eigenvalue weighted by atomic mass is 10.1. The number of carbonyl (C=O) groups excluding carboxylic acids is 1. The molecule has 0 spiro atoms. The summed E-state index contributed by atoms with van der Waals surface area (Å²) in [6.07, 6.45) is 8.52. The number of hydrogen-bond acceptors (Lipinski definition) is 5. The number of amides is 1. The van der Waals surface area contributed by atoms with Gasteiger partial charge in [-0.05, 0) is 61.2 Å². The summed E-state index contributed by atoms with van der Waals surface area (Å²) in [5, 5.41) is 29.8. The van der Waals surface area contributed by atoms with E-state index in [0.717, 1.165) is 18.4 Å². The molecule has 2 aromatic rings. The molecule has 0 fully saturated rings. The maximum atomic E-state index is 11.8. The van der Waals surface area contributed by atoms with Crippen molar-refractivity contribution in [1.82, 2.24) is 5.32 Å². The van der Waals surface area contributed by atoms with E-state index in [0.29, 0.717) is 37.2 Å². The van der Waals surface area contributed by atoms with Gasteiger partial charge in [0.15, 0.2) is 0 Å². The average Bonchev–Trinajstić information content (AvgIpc) is 2.71.